The molecule has 0 aromatic heterocycles. The predicted molar refractivity (Wildman–Crippen MR) is 74.2 cm³/mol. The number of nitrogens with two attached hydrogens (primary N) is 1. The number of rotatable bonds is 1. The summed E-state index contributed by atoms with van der Waals surface area (Å²) in [6.07, 6.45) is 10.2. The summed E-state index contributed by atoms with van der Waals surface area (Å²) in [6, 6.07) is 0. The van der Waals surface area contributed by atoms with Crippen LogP contribution in [0.25, 0.3) is 0 Å². The monoisotopic (exact) mass is 248 g/mol. The van der Waals surface area contributed by atoms with E-state index >= 15 is 0 Å². The molecule has 0 radical (unpaired) electrons. The molecular weight excluding hydrogens is 220 g/mol. The van der Waals surface area contributed by atoms with Gasteiger partial charge in [0.2, 0.25) is 0 Å². The molecule has 2 nitrogen and oxygen atoms in total. The molecule has 2 heteroatoms. The third-order valence-electron chi connectivity index (χ3n) is 6.64. The summed E-state index contributed by atoms with van der Waals surface area (Å²) >= 11 is 0. The Morgan fingerprint density at radius 3 is 2.17 bits per heavy atom. The number of hydrogen-bond acceptors (Lipinski definition) is 2. The van der Waals surface area contributed by atoms with E-state index in [0.29, 0.717) is 0 Å². The minimum absolute atomic E-state index is 0.148. The normalized spacial score (nSPS) is 56.0. The number of piperidine rings is 1. The number of likely N-dealkylation sites (tertiary alicyclic amines) is 1. The summed E-state index contributed by atoms with van der Waals surface area (Å²) in [4.78, 5) is 2.48. The Morgan fingerprint density at radius 1 is 1.00 bits per heavy atom. The Bertz CT molecular complexity index is 312. The number of likely N-dealkylation sites (N-methyl/N-ethyl adjacent to an activating group) is 1. The van der Waals surface area contributed by atoms with Gasteiger partial charge in [0, 0.05) is 12.1 Å². The zero-order valence-electron chi connectivity index (χ0n) is 11.8. The molecule has 0 amide bonds. The lowest BCUT2D eigenvalue weighted by molar-refractivity contribution is -0.0825. The average Bonchev–Trinajstić information content (AvgIpc) is 2.26. The lowest BCUT2D eigenvalue weighted by atomic mass is 9.47. The second-order valence-electron chi connectivity index (χ2n) is 8.03. The molecule has 1 unspecified atom stereocenters. The largest absolute Gasteiger partial charge is 0.324 e. The van der Waals surface area contributed by atoms with Crippen LogP contribution in [0.4, 0.5) is 0 Å². The van der Waals surface area contributed by atoms with E-state index in [2.05, 4.69) is 11.9 Å². The first-order valence-corrected chi connectivity index (χ1v) is 8.11. The third kappa shape index (κ3) is 1.68. The van der Waals surface area contributed by atoms with Crippen molar-refractivity contribution in [2.45, 2.75) is 50.5 Å². The van der Waals surface area contributed by atoms with E-state index in [9.17, 15) is 0 Å². The molecule has 5 fully saturated rings. The zero-order valence-corrected chi connectivity index (χ0v) is 11.8. The minimum atomic E-state index is 0.148. The highest BCUT2D eigenvalue weighted by Gasteiger charge is 2.54. The van der Waals surface area contributed by atoms with Gasteiger partial charge < -0.3 is 10.6 Å². The smallest absolute Gasteiger partial charge is 0.0317 e. The first-order chi connectivity index (χ1) is 8.64. The lowest BCUT2D eigenvalue weighted by Crippen LogP contribution is -2.64. The van der Waals surface area contributed by atoms with Crippen LogP contribution in [0.2, 0.25) is 0 Å². The predicted octanol–water partition coefficient (Wildman–Crippen LogP) is 2.48. The van der Waals surface area contributed by atoms with Gasteiger partial charge in [-0.05, 0) is 88.1 Å². The first-order valence-electron chi connectivity index (χ1n) is 8.11. The highest BCUT2D eigenvalue weighted by atomic mass is 15.1. The molecule has 4 aliphatic carbocycles. The lowest BCUT2D eigenvalue weighted by Gasteiger charge is -2.60. The molecule has 1 heterocycles. The maximum atomic E-state index is 6.93. The van der Waals surface area contributed by atoms with Crippen molar-refractivity contribution in [1.29, 1.82) is 0 Å². The van der Waals surface area contributed by atoms with Gasteiger partial charge in [-0.3, -0.25) is 0 Å². The van der Waals surface area contributed by atoms with Crippen molar-refractivity contribution < 1.29 is 0 Å². The van der Waals surface area contributed by atoms with Crippen molar-refractivity contribution in [3.63, 3.8) is 0 Å². The van der Waals surface area contributed by atoms with E-state index in [0.717, 1.165) is 36.1 Å². The van der Waals surface area contributed by atoms with E-state index in [1.54, 1.807) is 6.42 Å². The van der Waals surface area contributed by atoms with Crippen molar-refractivity contribution in [3.05, 3.63) is 0 Å². The van der Waals surface area contributed by atoms with Crippen LogP contribution in [0.3, 0.4) is 0 Å². The van der Waals surface area contributed by atoms with Gasteiger partial charge in [0.05, 0.1) is 0 Å². The fourth-order valence-electron chi connectivity index (χ4n) is 6.47. The molecule has 4 bridgehead atoms. The molecule has 2 N–H and O–H groups in total. The van der Waals surface area contributed by atoms with Crippen molar-refractivity contribution in [3.8, 4) is 0 Å². The highest BCUT2D eigenvalue weighted by molar-refractivity contribution is 5.08. The summed E-state index contributed by atoms with van der Waals surface area (Å²) in [5, 5.41) is 0. The second-order valence-corrected chi connectivity index (χ2v) is 8.03. The van der Waals surface area contributed by atoms with Crippen LogP contribution in [0.5, 0.6) is 0 Å². The summed E-state index contributed by atoms with van der Waals surface area (Å²) in [5.74, 6) is 4.98. The van der Waals surface area contributed by atoms with Crippen LogP contribution in [-0.2, 0) is 0 Å². The highest BCUT2D eigenvalue weighted by Crippen LogP contribution is 2.59. The maximum absolute atomic E-state index is 6.93. The van der Waals surface area contributed by atoms with Crippen LogP contribution >= 0.6 is 0 Å². The molecule has 18 heavy (non-hydrogen) atoms. The van der Waals surface area contributed by atoms with Crippen LogP contribution < -0.4 is 5.73 Å². The molecule has 0 aromatic rings. The van der Waals surface area contributed by atoms with E-state index in [4.69, 9.17) is 5.73 Å². The molecule has 1 atom stereocenters. The van der Waals surface area contributed by atoms with E-state index in [1.807, 2.05) is 0 Å². The van der Waals surface area contributed by atoms with E-state index in [1.165, 1.54) is 45.1 Å². The Balaban J connectivity index is 1.60. The molecule has 5 rings (SSSR count). The van der Waals surface area contributed by atoms with E-state index < -0.39 is 0 Å². The third-order valence-corrected chi connectivity index (χ3v) is 6.64. The van der Waals surface area contributed by atoms with Gasteiger partial charge in [-0.15, -0.1) is 0 Å². The van der Waals surface area contributed by atoms with Gasteiger partial charge in [-0.1, -0.05) is 0 Å². The first kappa shape index (κ1) is 11.7. The van der Waals surface area contributed by atoms with Crippen LogP contribution in [0.15, 0.2) is 0 Å². The minimum Gasteiger partial charge on any atom is -0.324 e. The average molecular weight is 248 g/mol. The maximum Gasteiger partial charge on any atom is 0.0317 e. The molecule has 102 valence electrons. The summed E-state index contributed by atoms with van der Waals surface area (Å²) < 4.78 is 0. The fourth-order valence-corrected chi connectivity index (χ4v) is 6.47. The fraction of sp³-hybridized carbons (Fsp3) is 1.00. The topological polar surface area (TPSA) is 29.3 Å². The Hall–Kier alpha value is -0.0800. The molecule has 1 saturated heterocycles. The standard InChI is InChI=1S/C16H28N2/c1-18-4-2-3-16(17,10-18)15-13-6-11-5-12(8-13)9-14(15)7-11/h11-15H,2-10,17H2,1H3. The summed E-state index contributed by atoms with van der Waals surface area (Å²) in [5.41, 5.74) is 7.08. The van der Waals surface area contributed by atoms with Gasteiger partial charge in [-0.2, -0.15) is 0 Å². The van der Waals surface area contributed by atoms with Crippen LogP contribution in [0, 0.1) is 29.6 Å². The van der Waals surface area contributed by atoms with Gasteiger partial charge in [0.15, 0.2) is 0 Å². The molecule has 4 saturated carbocycles. The van der Waals surface area contributed by atoms with Crippen molar-refractivity contribution in [1.82, 2.24) is 4.90 Å². The van der Waals surface area contributed by atoms with Crippen molar-refractivity contribution >= 4 is 0 Å². The zero-order chi connectivity index (χ0) is 12.3. The van der Waals surface area contributed by atoms with Gasteiger partial charge >= 0.3 is 0 Å². The van der Waals surface area contributed by atoms with Crippen LogP contribution in [0.1, 0.15) is 44.9 Å². The summed E-state index contributed by atoms with van der Waals surface area (Å²) in [6.45, 7) is 2.41. The number of nitrogens with zero attached hydrogens (tertiary/aromatic N) is 1. The number of hydrogen-bond donors (Lipinski definition) is 1. The molecule has 0 spiro atoms. The van der Waals surface area contributed by atoms with E-state index in [-0.39, 0.29) is 5.54 Å². The molecular formula is C16H28N2. The molecule has 5 aliphatic rings. The van der Waals surface area contributed by atoms with Gasteiger partial charge in [0.1, 0.15) is 0 Å². The second kappa shape index (κ2) is 3.96. The molecule has 0 aromatic carbocycles. The van der Waals surface area contributed by atoms with Gasteiger partial charge in [0.25, 0.3) is 0 Å². The Kier molecular flexibility index (Phi) is 2.58. The summed E-state index contributed by atoms with van der Waals surface area (Å²) in [7, 11) is 2.26. The van der Waals surface area contributed by atoms with Crippen molar-refractivity contribution in [2.75, 3.05) is 20.1 Å². The van der Waals surface area contributed by atoms with Gasteiger partial charge in [-0.25, -0.2) is 0 Å². The SMILES string of the molecule is CN1CCCC(N)(C2C3CC4CC(C3)CC2C4)C1. The van der Waals surface area contributed by atoms with Crippen LogP contribution in [-0.4, -0.2) is 30.6 Å². The molecule has 1 aliphatic heterocycles. The quantitative estimate of drug-likeness (QED) is 0.772. The Labute approximate surface area is 111 Å². The Morgan fingerprint density at radius 2 is 1.61 bits per heavy atom. The van der Waals surface area contributed by atoms with Crippen molar-refractivity contribution in [2.24, 2.45) is 35.3 Å².